The Labute approximate surface area is 122 Å². The van der Waals surface area contributed by atoms with Gasteiger partial charge in [-0.2, -0.15) is 0 Å². The Morgan fingerprint density at radius 2 is 1.57 bits per heavy atom. The van der Waals surface area contributed by atoms with Crippen molar-refractivity contribution in [3.05, 3.63) is 0 Å². The minimum atomic E-state index is -1.27. The largest absolute Gasteiger partial charge is 0.452 e. The molecule has 0 aromatic heterocycles. The van der Waals surface area contributed by atoms with Gasteiger partial charge in [0.1, 0.15) is 6.61 Å². The van der Waals surface area contributed by atoms with Gasteiger partial charge in [-0.1, -0.05) is 0 Å². The fourth-order valence-electron chi connectivity index (χ4n) is 0.960. The maximum atomic E-state index is 11.3. The highest BCUT2D eigenvalue weighted by Crippen LogP contribution is 2.06. The molecule has 0 fully saturated rings. The molecule has 0 aliphatic carbocycles. The highest BCUT2D eigenvalue weighted by atomic mass is 16.6. The van der Waals surface area contributed by atoms with E-state index in [0.29, 0.717) is 0 Å². The first-order valence-electron chi connectivity index (χ1n) is 6.22. The Hall–Kier alpha value is -1.96. The molecule has 0 aromatic rings. The number of carbonyl (C=O) groups is 4. The van der Waals surface area contributed by atoms with Crippen LogP contribution in [-0.2, 0) is 38.1 Å². The lowest BCUT2D eigenvalue weighted by atomic mass is 10.2. The lowest BCUT2D eigenvalue weighted by molar-refractivity contribution is -0.176. The lowest BCUT2D eigenvalue weighted by Gasteiger charge is -2.18. The quantitative estimate of drug-likeness (QED) is 0.393. The number of carbonyl (C=O) groups excluding carboxylic acids is 4. The van der Waals surface area contributed by atoms with E-state index in [2.05, 4.69) is 14.2 Å². The van der Waals surface area contributed by atoms with Gasteiger partial charge < -0.3 is 18.9 Å². The van der Waals surface area contributed by atoms with Crippen molar-refractivity contribution in [2.75, 3.05) is 13.2 Å². The minimum Gasteiger partial charge on any atom is -0.452 e. The van der Waals surface area contributed by atoms with Crippen LogP contribution >= 0.6 is 0 Å². The molecule has 120 valence electrons. The average molecular weight is 304 g/mol. The van der Waals surface area contributed by atoms with Crippen molar-refractivity contribution in [1.29, 1.82) is 0 Å². The fourth-order valence-corrected chi connectivity index (χ4v) is 0.960. The highest BCUT2D eigenvalue weighted by Gasteiger charge is 2.22. The predicted octanol–water partition coefficient (Wildman–Crippen LogP) is 0.366. The number of hydrogen-bond acceptors (Lipinski definition) is 8. The third kappa shape index (κ3) is 10.5. The third-order valence-corrected chi connectivity index (χ3v) is 1.86. The van der Waals surface area contributed by atoms with E-state index in [4.69, 9.17) is 4.74 Å². The molecule has 0 saturated heterocycles. The van der Waals surface area contributed by atoms with Crippen LogP contribution < -0.4 is 0 Å². The molecule has 8 heteroatoms. The Balaban J connectivity index is 4.02. The zero-order valence-electron chi connectivity index (χ0n) is 12.8. The van der Waals surface area contributed by atoms with Crippen molar-refractivity contribution in [3.8, 4) is 0 Å². The van der Waals surface area contributed by atoms with Crippen molar-refractivity contribution in [2.24, 2.45) is 0 Å². The van der Waals surface area contributed by atoms with Gasteiger partial charge in [0.15, 0.2) is 12.7 Å². The predicted molar refractivity (Wildman–Crippen MR) is 69.0 cm³/mol. The molecule has 1 unspecified atom stereocenters. The van der Waals surface area contributed by atoms with Gasteiger partial charge in [-0.15, -0.1) is 0 Å². The van der Waals surface area contributed by atoms with Crippen LogP contribution in [0.3, 0.4) is 0 Å². The molecule has 0 spiro atoms. The van der Waals surface area contributed by atoms with E-state index in [1.54, 1.807) is 20.8 Å². The first-order valence-corrected chi connectivity index (χ1v) is 6.22. The Morgan fingerprint density at radius 1 is 1.00 bits per heavy atom. The molecule has 0 N–H and O–H groups in total. The summed E-state index contributed by atoms with van der Waals surface area (Å²) in [6, 6.07) is 0. The maximum absolute atomic E-state index is 11.3. The summed E-state index contributed by atoms with van der Waals surface area (Å²) < 4.78 is 18.6. The molecule has 0 bridgehead atoms. The van der Waals surface area contributed by atoms with E-state index >= 15 is 0 Å². The summed E-state index contributed by atoms with van der Waals surface area (Å²) in [5, 5.41) is 0. The van der Waals surface area contributed by atoms with Crippen LogP contribution in [-0.4, -0.2) is 48.8 Å². The van der Waals surface area contributed by atoms with Gasteiger partial charge in [0.2, 0.25) is 0 Å². The van der Waals surface area contributed by atoms with Crippen molar-refractivity contribution in [1.82, 2.24) is 0 Å². The van der Waals surface area contributed by atoms with E-state index in [-0.39, 0.29) is 6.61 Å². The van der Waals surface area contributed by atoms with Crippen LogP contribution in [0.1, 0.15) is 34.6 Å². The Bertz CT molecular complexity index is 407. The monoisotopic (exact) mass is 304 g/mol. The summed E-state index contributed by atoms with van der Waals surface area (Å²) in [4.78, 5) is 44.3. The van der Waals surface area contributed by atoms with Crippen LogP contribution in [0.15, 0.2) is 0 Å². The smallest absolute Gasteiger partial charge is 0.354 e. The van der Waals surface area contributed by atoms with Crippen molar-refractivity contribution in [2.45, 2.75) is 46.3 Å². The molecule has 8 nitrogen and oxygen atoms in total. The van der Waals surface area contributed by atoms with Crippen LogP contribution in [0.4, 0.5) is 0 Å². The SMILES string of the molecule is CC(=O)OC(=O)C(C)OC(=O)COC(=O)COC(C)(C)C. The van der Waals surface area contributed by atoms with Gasteiger partial charge in [0.25, 0.3) is 0 Å². The summed E-state index contributed by atoms with van der Waals surface area (Å²) in [7, 11) is 0. The minimum absolute atomic E-state index is 0.307. The Kier molecular flexibility index (Phi) is 7.57. The molecule has 0 aliphatic rings. The first-order chi connectivity index (χ1) is 9.51. The van der Waals surface area contributed by atoms with Gasteiger partial charge in [-0.05, 0) is 27.7 Å². The van der Waals surface area contributed by atoms with E-state index in [0.717, 1.165) is 6.92 Å². The molecule has 0 aromatic carbocycles. The summed E-state index contributed by atoms with van der Waals surface area (Å²) in [6.07, 6.45) is -1.27. The number of esters is 4. The third-order valence-electron chi connectivity index (χ3n) is 1.86. The average Bonchev–Trinajstić information content (AvgIpc) is 2.32. The second-order valence-corrected chi connectivity index (χ2v) is 5.11. The molecule has 21 heavy (non-hydrogen) atoms. The van der Waals surface area contributed by atoms with Crippen LogP contribution in [0.25, 0.3) is 0 Å². The standard InChI is InChI=1S/C13H20O8/c1-8(12(17)21-9(2)14)20-11(16)6-18-10(15)7-19-13(3,4)5/h8H,6-7H2,1-5H3. The van der Waals surface area contributed by atoms with Crippen molar-refractivity contribution in [3.63, 3.8) is 0 Å². The van der Waals surface area contributed by atoms with Gasteiger partial charge >= 0.3 is 23.9 Å². The molecule has 1 atom stereocenters. The molecule has 0 heterocycles. The summed E-state index contributed by atoms with van der Waals surface area (Å²) in [5.74, 6) is -3.49. The van der Waals surface area contributed by atoms with Crippen molar-refractivity contribution < 1.29 is 38.1 Å². The molecule has 0 radical (unpaired) electrons. The zero-order chi connectivity index (χ0) is 16.6. The molecule has 0 aliphatic heterocycles. The molecular formula is C13H20O8. The topological polar surface area (TPSA) is 105 Å². The fraction of sp³-hybridized carbons (Fsp3) is 0.692. The lowest BCUT2D eigenvalue weighted by Crippen LogP contribution is -2.30. The van der Waals surface area contributed by atoms with Crippen LogP contribution in [0, 0.1) is 0 Å². The van der Waals surface area contributed by atoms with Gasteiger partial charge in [0.05, 0.1) is 5.60 Å². The number of hydrogen-bond donors (Lipinski definition) is 0. The maximum Gasteiger partial charge on any atom is 0.354 e. The van der Waals surface area contributed by atoms with E-state index in [1.165, 1.54) is 6.92 Å². The van der Waals surface area contributed by atoms with E-state index in [1.807, 2.05) is 0 Å². The summed E-state index contributed by atoms with van der Waals surface area (Å²) in [6.45, 7) is 6.59. The number of rotatable bonds is 6. The Morgan fingerprint density at radius 3 is 2.05 bits per heavy atom. The van der Waals surface area contributed by atoms with Gasteiger partial charge in [-0.3, -0.25) is 4.79 Å². The molecule has 0 rings (SSSR count). The first kappa shape index (κ1) is 19.0. The van der Waals surface area contributed by atoms with E-state index in [9.17, 15) is 19.2 Å². The van der Waals surface area contributed by atoms with E-state index < -0.39 is 42.2 Å². The summed E-state index contributed by atoms with van der Waals surface area (Å²) in [5.41, 5.74) is -0.509. The molecular weight excluding hydrogens is 284 g/mol. The zero-order valence-corrected chi connectivity index (χ0v) is 12.8. The number of ether oxygens (including phenoxy) is 4. The molecule has 0 amide bonds. The van der Waals surface area contributed by atoms with Gasteiger partial charge in [0, 0.05) is 6.92 Å². The normalized spacial score (nSPS) is 12.2. The van der Waals surface area contributed by atoms with Crippen molar-refractivity contribution >= 4 is 23.9 Å². The van der Waals surface area contributed by atoms with Crippen LogP contribution in [0.5, 0.6) is 0 Å². The van der Waals surface area contributed by atoms with Gasteiger partial charge in [-0.25, -0.2) is 14.4 Å². The second kappa shape index (κ2) is 8.35. The molecule has 0 saturated carbocycles. The highest BCUT2D eigenvalue weighted by molar-refractivity contribution is 5.88. The summed E-state index contributed by atoms with van der Waals surface area (Å²) >= 11 is 0. The van der Waals surface area contributed by atoms with Crippen LogP contribution in [0.2, 0.25) is 0 Å². The second-order valence-electron chi connectivity index (χ2n) is 5.11.